The normalized spacial score (nSPS) is 12.7. The van der Waals surface area contributed by atoms with Crippen LogP contribution in [-0.2, 0) is 14.4 Å². The van der Waals surface area contributed by atoms with Crippen LogP contribution < -0.4 is 11.1 Å². The van der Waals surface area contributed by atoms with Gasteiger partial charge in [-0.2, -0.15) is 0 Å². The second-order valence-electron chi connectivity index (χ2n) is 5.09. The predicted molar refractivity (Wildman–Crippen MR) is 68.5 cm³/mol. The molecular weight excluding hydrogens is 234 g/mol. The van der Waals surface area contributed by atoms with Crippen molar-refractivity contribution < 1.29 is 14.4 Å². The minimum absolute atomic E-state index is 0.157. The molecule has 0 saturated heterocycles. The molecule has 0 aromatic carbocycles. The molecule has 3 N–H and O–H groups in total. The van der Waals surface area contributed by atoms with Gasteiger partial charge in [0.2, 0.25) is 17.7 Å². The highest BCUT2D eigenvalue weighted by molar-refractivity contribution is 5.91. The molecule has 0 aromatic rings. The number of carbonyl (C=O) groups is 3. The topological polar surface area (TPSA) is 92.5 Å². The molecule has 0 aliphatic carbocycles. The van der Waals surface area contributed by atoms with E-state index in [9.17, 15) is 14.4 Å². The van der Waals surface area contributed by atoms with Gasteiger partial charge in [-0.05, 0) is 13.3 Å². The van der Waals surface area contributed by atoms with Crippen molar-refractivity contribution in [2.24, 2.45) is 11.1 Å². The van der Waals surface area contributed by atoms with Crippen LogP contribution in [-0.4, -0.2) is 42.3 Å². The fraction of sp³-hybridized carbons (Fsp3) is 0.750. The summed E-state index contributed by atoms with van der Waals surface area (Å²) in [5.74, 6) is -1.11. The second kappa shape index (κ2) is 6.37. The quantitative estimate of drug-likeness (QED) is 0.694. The molecule has 0 heterocycles. The van der Waals surface area contributed by atoms with E-state index >= 15 is 0 Å². The number of hydrogen-bond donors (Lipinski definition) is 2. The average molecular weight is 257 g/mol. The van der Waals surface area contributed by atoms with E-state index in [0.717, 1.165) is 0 Å². The van der Waals surface area contributed by atoms with Gasteiger partial charge in [0.25, 0.3) is 0 Å². The Labute approximate surface area is 108 Å². The first-order valence-corrected chi connectivity index (χ1v) is 5.96. The van der Waals surface area contributed by atoms with Gasteiger partial charge in [-0.25, -0.2) is 0 Å². The number of hydrogen-bond acceptors (Lipinski definition) is 3. The van der Waals surface area contributed by atoms with Gasteiger partial charge in [0.1, 0.15) is 6.04 Å². The van der Waals surface area contributed by atoms with Gasteiger partial charge in [0.15, 0.2) is 0 Å². The molecule has 0 aliphatic heterocycles. The van der Waals surface area contributed by atoms with Crippen LogP contribution in [0.3, 0.4) is 0 Å². The number of nitrogens with one attached hydrogen (secondary N) is 1. The number of primary amides is 1. The van der Waals surface area contributed by atoms with Crippen LogP contribution in [0.1, 0.15) is 34.1 Å². The third-order valence-corrected chi connectivity index (χ3v) is 2.99. The lowest BCUT2D eigenvalue weighted by molar-refractivity contribution is -0.139. The van der Waals surface area contributed by atoms with Crippen LogP contribution in [0, 0.1) is 5.41 Å². The highest BCUT2D eigenvalue weighted by atomic mass is 16.2. The first kappa shape index (κ1) is 16.4. The SMILES string of the molecule is CCC(C)(C)C(=O)N[C@@H](C)C(=O)N(C)CC(N)=O. The Balaban J connectivity index is 4.49. The number of carbonyl (C=O) groups excluding carboxylic acids is 3. The molecule has 0 saturated carbocycles. The summed E-state index contributed by atoms with van der Waals surface area (Å²) in [4.78, 5) is 35.6. The zero-order valence-electron chi connectivity index (χ0n) is 11.7. The molecule has 6 heteroatoms. The van der Waals surface area contributed by atoms with E-state index < -0.39 is 17.4 Å². The van der Waals surface area contributed by atoms with Gasteiger partial charge in [-0.15, -0.1) is 0 Å². The van der Waals surface area contributed by atoms with E-state index in [1.807, 2.05) is 20.8 Å². The van der Waals surface area contributed by atoms with E-state index in [4.69, 9.17) is 5.73 Å². The first-order valence-electron chi connectivity index (χ1n) is 5.96. The zero-order chi connectivity index (χ0) is 14.5. The molecule has 6 nitrogen and oxygen atoms in total. The lowest BCUT2D eigenvalue weighted by atomic mass is 9.89. The lowest BCUT2D eigenvalue weighted by Crippen LogP contribution is -2.50. The molecule has 0 rings (SSSR count). The highest BCUT2D eigenvalue weighted by Gasteiger charge is 2.29. The summed E-state index contributed by atoms with van der Waals surface area (Å²) < 4.78 is 0. The summed E-state index contributed by atoms with van der Waals surface area (Å²) >= 11 is 0. The van der Waals surface area contributed by atoms with E-state index in [-0.39, 0.29) is 18.4 Å². The molecular formula is C12H23N3O3. The number of nitrogens with two attached hydrogens (primary N) is 1. The minimum atomic E-state index is -0.673. The Bertz CT molecular complexity index is 339. The van der Waals surface area contributed by atoms with E-state index in [1.54, 1.807) is 6.92 Å². The smallest absolute Gasteiger partial charge is 0.245 e. The van der Waals surface area contributed by atoms with E-state index in [0.29, 0.717) is 6.42 Å². The number of nitrogens with zero attached hydrogens (tertiary/aromatic N) is 1. The van der Waals surface area contributed by atoms with Gasteiger partial charge in [-0.1, -0.05) is 20.8 Å². The van der Waals surface area contributed by atoms with Gasteiger partial charge >= 0.3 is 0 Å². The van der Waals surface area contributed by atoms with Gasteiger partial charge in [0, 0.05) is 12.5 Å². The standard InChI is InChI=1S/C12H23N3O3/c1-6-12(3,4)11(18)14-8(2)10(17)15(5)7-9(13)16/h8H,6-7H2,1-5H3,(H2,13,16)(H,14,18)/t8-/m0/s1. The van der Waals surface area contributed by atoms with Crippen molar-refractivity contribution >= 4 is 17.7 Å². The third-order valence-electron chi connectivity index (χ3n) is 2.99. The fourth-order valence-electron chi connectivity index (χ4n) is 1.26. The average Bonchev–Trinajstić information content (AvgIpc) is 2.26. The maximum absolute atomic E-state index is 11.9. The number of likely N-dealkylation sites (N-methyl/N-ethyl adjacent to an activating group) is 1. The lowest BCUT2D eigenvalue weighted by Gasteiger charge is -2.26. The van der Waals surface area contributed by atoms with Gasteiger partial charge in [-0.3, -0.25) is 14.4 Å². The molecule has 0 fully saturated rings. The number of amides is 3. The van der Waals surface area contributed by atoms with Crippen molar-refractivity contribution in [3.05, 3.63) is 0 Å². The Hall–Kier alpha value is -1.59. The molecule has 0 bridgehead atoms. The van der Waals surface area contributed by atoms with Crippen LogP contribution in [0.5, 0.6) is 0 Å². The summed E-state index contributed by atoms with van der Waals surface area (Å²) in [6.07, 6.45) is 0.677. The highest BCUT2D eigenvalue weighted by Crippen LogP contribution is 2.19. The Morgan fingerprint density at radius 2 is 1.83 bits per heavy atom. The van der Waals surface area contributed by atoms with E-state index in [2.05, 4.69) is 5.32 Å². The van der Waals surface area contributed by atoms with Gasteiger partial charge in [0.05, 0.1) is 6.54 Å². The molecule has 0 aromatic heterocycles. The predicted octanol–water partition coefficient (Wildman–Crippen LogP) is -0.129. The molecule has 1 atom stereocenters. The maximum Gasteiger partial charge on any atom is 0.245 e. The molecule has 104 valence electrons. The van der Waals surface area contributed by atoms with Crippen LogP contribution in [0.4, 0.5) is 0 Å². The minimum Gasteiger partial charge on any atom is -0.368 e. The van der Waals surface area contributed by atoms with Crippen molar-refractivity contribution in [1.82, 2.24) is 10.2 Å². The summed E-state index contributed by atoms with van der Waals surface area (Å²) in [6.45, 7) is 6.96. The van der Waals surface area contributed by atoms with Crippen molar-refractivity contribution in [1.29, 1.82) is 0 Å². The summed E-state index contributed by atoms with van der Waals surface area (Å²) in [5, 5.41) is 2.64. The van der Waals surface area contributed by atoms with Crippen LogP contribution in [0.15, 0.2) is 0 Å². The largest absolute Gasteiger partial charge is 0.368 e. The molecule has 0 radical (unpaired) electrons. The van der Waals surface area contributed by atoms with Crippen LogP contribution in [0.2, 0.25) is 0 Å². The Kier molecular flexibility index (Phi) is 5.81. The second-order valence-corrected chi connectivity index (χ2v) is 5.09. The monoisotopic (exact) mass is 257 g/mol. The Morgan fingerprint density at radius 3 is 2.22 bits per heavy atom. The van der Waals surface area contributed by atoms with Crippen molar-refractivity contribution in [3.8, 4) is 0 Å². The zero-order valence-corrected chi connectivity index (χ0v) is 11.7. The molecule has 0 spiro atoms. The van der Waals surface area contributed by atoms with Crippen LogP contribution in [0.25, 0.3) is 0 Å². The number of rotatable bonds is 6. The van der Waals surface area contributed by atoms with Crippen molar-refractivity contribution in [2.75, 3.05) is 13.6 Å². The van der Waals surface area contributed by atoms with Crippen molar-refractivity contribution in [3.63, 3.8) is 0 Å². The first-order chi connectivity index (χ1) is 8.11. The summed E-state index contributed by atoms with van der Waals surface area (Å²) in [5.41, 5.74) is 4.49. The maximum atomic E-state index is 11.9. The fourth-order valence-corrected chi connectivity index (χ4v) is 1.26. The molecule has 18 heavy (non-hydrogen) atoms. The summed E-state index contributed by atoms with van der Waals surface area (Å²) in [7, 11) is 1.47. The molecule has 3 amide bonds. The van der Waals surface area contributed by atoms with Crippen LogP contribution >= 0.6 is 0 Å². The van der Waals surface area contributed by atoms with Crippen molar-refractivity contribution in [2.45, 2.75) is 40.2 Å². The third kappa shape index (κ3) is 4.73. The molecule has 0 unspecified atom stereocenters. The van der Waals surface area contributed by atoms with E-state index in [1.165, 1.54) is 11.9 Å². The summed E-state index contributed by atoms with van der Waals surface area (Å²) in [6, 6.07) is -0.673. The molecule has 0 aliphatic rings. The Morgan fingerprint density at radius 1 is 1.33 bits per heavy atom. The van der Waals surface area contributed by atoms with Gasteiger partial charge < -0.3 is 16.0 Å².